The second-order valence-electron chi connectivity index (χ2n) is 6.55. The Hall–Kier alpha value is -3.08. The fourth-order valence-electron chi connectivity index (χ4n) is 2.13. The Bertz CT molecular complexity index is 773. The average Bonchev–Trinajstić information content (AvgIpc) is 2.59. The van der Waals surface area contributed by atoms with E-state index in [1.807, 2.05) is 30.3 Å². The third-order valence-corrected chi connectivity index (χ3v) is 3.21. The summed E-state index contributed by atoms with van der Waals surface area (Å²) in [4.78, 5) is 22.5. The van der Waals surface area contributed by atoms with Gasteiger partial charge < -0.3 is 14.2 Å². The van der Waals surface area contributed by atoms with Crippen molar-refractivity contribution in [3.05, 3.63) is 65.7 Å². The highest BCUT2D eigenvalue weighted by Crippen LogP contribution is 2.26. The molecule has 0 spiro atoms. The van der Waals surface area contributed by atoms with Gasteiger partial charge >= 0.3 is 5.97 Å². The quantitative estimate of drug-likeness (QED) is 0.424. The molecule has 0 heterocycles. The Kier molecular flexibility index (Phi) is 6.55. The molecule has 26 heavy (non-hydrogen) atoms. The van der Waals surface area contributed by atoms with Crippen LogP contribution in [-0.2, 0) is 20.9 Å². The summed E-state index contributed by atoms with van der Waals surface area (Å²) in [5, 5.41) is 0. The first-order valence-corrected chi connectivity index (χ1v) is 8.19. The number of benzene rings is 2. The molecule has 0 saturated heterocycles. The van der Waals surface area contributed by atoms with Gasteiger partial charge in [-0.1, -0.05) is 30.3 Å². The first-order chi connectivity index (χ1) is 12.4. The van der Waals surface area contributed by atoms with Gasteiger partial charge in [-0.3, -0.25) is 4.79 Å². The van der Waals surface area contributed by atoms with Crippen LogP contribution < -0.4 is 9.47 Å². The van der Waals surface area contributed by atoms with Crippen LogP contribution in [0.2, 0.25) is 0 Å². The molecule has 0 bridgehead atoms. The van der Waals surface area contributed by atoms with Gasteiger partial charge in [-0.15, -0.1) is 0 Å². The SMILES string of the molecule is CC(C)(C)OC(=O)C=Cc1ccc(OCc2ccccc2)cc1OC=O. The highest BCUT2D eigenvalue weighted by molar-refractivity contribution is 5.88. The molecule has 0 unspecified atom stereocenters. The molecule has 0 aliphatic carbocycles. The zero-order valence-corrected chi connectivity index (χ0v) is 15.1. The van der Waals surface area contributed by atoms with Crippen molar-refractivity contribution in [3.8, 4) is 11.5 Å². The van der Waals surface area contributed by atoms with E-state index in [9.17, 15) is 9.59 Å². The van der Waals surface area contributed by atoms with Crippen molar-refractivity contribution in [1.82, 2.24) is 0 Å². The van der Waals surface area contributed by atoms with Crippen LogP contribution in [0.5, 0.6) is 11.5 Å². The van der Waals surface area contributed by atoms with Crippen molar-refractivity contribution in [3.63, 3.8) is 0 Å². The topological polar surface area (TPSA) is 61.8 Å². The average molecular weight is 354 g/mol. The van der Waals surface area contributed by atoms with Gasteiger partial charge in [0.05, 0.1) is 0 Å². The summed E-state index contributed by atoms with van der Waals surface area (Å²) in [6.45, 7) is 6.10. The molecule has 0 aromatic heterocycles. The second-order valence-corrected chi connectivity index (χ2v) is 6.55. The lowest BCUT2D eigenvalue weighted by Gasteiger charge is -2.18. The molecule has 0 fully saturated rings. The Morgan fingerprint density at radius 1 is 1.08 bits per heavy atom. The van der Waals surface area contributed by atoms with E-state index >= 15 is 0 Å². The van der Waals surface area contributed by atoms with E-state index in [2.05, 4.69) is 0 Å². The molecular weight excluding hydrogens is 332 g/mol. The monoisotopic (exact) mass is 354 g/mol. The molecule has 2 rings (SSSR count). The molecular formula is C21H22O5. The fraction of sp³-hybridized carbons (Fsp3) is 0.238. The number of hydrogen-bond acceptors (Lipinski definition) is 5. The number of esters is 1. The molecule has 5 nitrogen and oxygen atoms in total. The van der Waals surface area contributed by atoms with Gasteiger partial charge in [-0.05, 0) is 44.5 Å². The van der Waals surface area contributed by atoms with Crippen LogP contribution in [0, 0.1) is 0 Å². The van der Waals surface area contributed by atoms with E-state index in [0.717, 1.165) is 5.56 Å². The Morgan fingerprint density at radius 3 is 2.46 bits per heavy atom. The molecule has 0 aliphatic heterocycles. The normalized spacial score (nSPS) is 11.2. The van der Waals surface area contributed by atoms with Crippen LogP contribution >= 0.6 is 0 Å². The first-order valence-electron chi connectivity index (χ1n) is 8.19. The lowest BCUT2D eigenvalue weighted by molar-refractivity contribution is -0.148. The van der Waals surface area contributed by atoms with Crippen molar-refractivity contribution in [2.45, 2.75) is 33.0 Å². The van der Waals surface area contributed by atoms with Crippen molar-refractivity contribution < 1.29 is 23.8 Å². The van der Waals surface area contributed by atoms with Gasteiger partial charge in [-0.25, -0.2) is 4.79 Å². The maximum atomic E-state index is 11.8. The van der Waals surface area contributed by atoms with Gasteiger partial charge in [0.15, 0.2) is 0 Å². The number of ether oxygens (including phenoxy) is 3. The van der Waals surface area contributed by atoms with E-state index in [1.165, 1.54) is 12.2 Å². The summed E-state index contributed by atoms with van der Waals surface area (Å²) in [6, 6.07) is 14.8. The standard InChI is InChI=1S/C21H22O5/c1-21(2,3)26-20(23)12-10-17-9-11-18(13-19(17)25-15-22)24-14-16-7-5-4-6-8-16/h4-13,15H,14H2,1-3H3. The molecule has 0 N–H and O–H groups in total. The molecule has 0 amide bonds. The lowest BCUT2D eigenvalue weighted by Crippen LogP contribution is -2.22. The third kappa shape index (κ3) is 6.43. The summed E-state index contributed by atoms with van der Waals surface area (Å²) in [7, 11) is 0. The maximum Gasteiger partial charge on any atom is 0.331 e. The van der Waals surface area contributed by atoms with Crippen molar-refractivity contribution >= 4 is 18.5 Å². The van der Waals surface area contributed by atoms with Gasteiger partial charge in [0.25, 0.3) is 6.47 Å². The zero-order valence-electron chi connectivity index (χ0n) is 15.1. The van der Waals surface area contributed by atoms with Crippen LogP contribution in [0.1, 0.15) is 31.9 Å². The van der Waals surface area contributed by atoms with Gasteiger partial charge in [0.1, 0.15) is 23.7 Å². The summed E-state index contributed by atoms with van der Waals surface area (Å²) in [5.74, 6) is 0.379. The van der Waals surface area contributed by atoms with Gasteiger partial charge in [0.2, 0.25) is 0 Å². The van der Waals surface area contributed by atoms with Crippen molar-refractivity contribution in [2.75, 3.05) is 0 Å². The third-order valence-electron chi connectivity index (χ3n) is 3.21. The number of carbonyl (C=O) groups is 2. The lowest BCUT2D eigenvalue weighted by atomic mass is 10.1. The van der Waals surface area contributed by atoms with Gasteiger partial charge in [0, 0.05) is 17.7 Å². The predicted octanol–water partition coefficient (Wildman–Crippen LogP) is 4.16. The Balaban J connectivity index is 2.10. The number of carbonyl (C=O) groups excluding carboxylic acids is 2. The molecule has 0 aliphatic rings. The Morgan fingerprint density at radius 2 is 1.81 bits per heavy atom. The van der Waals surface area contributed by atoms with E-state index in [4.69, 9.17) is 14.2 Å². The second kappa shape index (κ2) is 8.85. The zero-order chi connectivity index (χ0) is 19.0. The van der Waals surface area contributed by atoms with E-state index in [0.29, 0.717) is 30.1 Å². The molecule has 2 aromatic rings. The highest BCUT2D eigenvalue weighted by Gasteiger charge is 2.14. The molecule has 5 heteroatoms. The number of rotatable bonds is 7. The fourth-order valence-corrected chi connectivity index (χ4v) is 2.13. The summed E-state index contributed by atoms with van der Waals surface area (Å²) in [6.07, 6.45) is 2.83. The summed E-state index contributed by atoms with van der Waals surface area (Å²) < 4.78 is 15.9. The molecule has 2 aromatic carbocycles. The minimum atomic E-state index is -0.571. The Labute approximate surface area is 153 Å². The van der Waals surface area contributed by atoms with Crippen molar-refractivity contribution in [2.24, 2.45) is 0 Å². The van der Waals surface area contributed by atoms with Crippen molar-refractivity contribution in [1.29, 1.82) is 0 Å². The van der Waals surface area contributed by atoms with Crippen LogP contribution in [0.4, 0.5) is 0 Å². The minimum Gasteiger partial charge on any atom is -0.489 e. The molecule has 0 saturated carbocycles. The van der Waals surface area contributed by atoms with Gasteiger partial charge in [-0.2, -0.15) is 0 Å². The molecule has 136 valence electrons. The molecule has 0 atom stereocenters. The summed E-state index contributed by atoms with van der Waals surface area (Å²) >= 11 is 0. The smallest absolute Gasteiger partial charge is 0.331 e. The van der Waals surface area contributed by atoms with Crippen LogP contribution in [0.3, 0.4) is 0 Å². The number of hydrogen-bond donors (Lipinski definition) is 0. The molecule has 0 radical (unpaired) electrons. The minimum absolute atomic E-state index is 0.297. The highest BCUT2D eigenvalue weighted by atomic mass is 16.6. The first kappa shape index (κ1) is 19.2. The van der Waals surface area contributed by atoms with E-state index in [-0.39, 0.29) is 0 Å². The maximum absolute atomic E-state index is 11.8. The van der Waals surface area contributed by atoms with Crippen LogP contribution in [0.15, 0.2) is 54.6 Å². The van der Waals surface area contributed by atoms with Crippen LogP contribution in [-0.4, -0.2) is 18.0 Å². The van der Waals surface area contributed by atoms with E-state index < -0.39 is 11.6 Å². The van der Waals surface area contributed by atoms with E-state index in [1.54, 1.807) is 39.0 Å². The largest absolute Gasteiger partial charge is 0.489 e. The predicted molar refractivity (Wildman–Crippen MR) is 98.8 cm³/mol. The summed E-state index contributed by atoms with van der Waals surface area (Å²) in [5.41, 5.74) is 1.02. The van der Waals surface area contributed by atoms with Crippen LogP contribution in [0.25, 0.3) is 6.08 Å².